The van der Waals surface area contributed by atoms with Gasteiger partial charge in [-0.05, 0) is 26.1 Å². The molecule has 2 nitrogen and oxygen atoms in total. The number of likely N-dealkylation sites (tertiary alicyclic amines) is 1. The highest BCUT2D eigenvalue weighted by Crippen LogP contribution is 2.22. The molecule has 15 heavy (non-hydrogen) atoms. The first-order valence-electron chi connectivity index (χ1n) is 5.29. The van der Waals surface area contributed by atoms with Crippen molar-refractivity contribution in [3.05, 3.63) is 29.8 Å². The van der Waals surface area contributed by atoms with Gasteiger partial charge >= 0.3 is 0 Å². The van der Waals surface area contributed by atoms with Crippen molar-refractivity contribution in [1.82, 2.24) is 4.90 Å². The lowest BCUT2D eigenvalue weighted by Crippen LogP contribution is -2.45. The lowest BCUT2D eigenvalue weighted by molar-refractivity contribution is 0.0940. The Morgan fingerprint density at radius 1 is 1.33 bits per heavy atom. The molecule has 0 bridgehead atoms. The summed E-state index contributed by atoms with van der Waals surface area (Å²) in [6.07, 6.45) is 0. The number of aryl methyl sites for hydroxylation is 1. The van der Waals surface area contributed by atoms with Crippen molar-refractivity contribution in [1.29, 1.82) is 0 Å². The number of nitrogens with zero attached hydrogens (tertiary/aromatic N) is 1. The second kappa shape index (κ2) is 5.01. The van der Waals surface area contributed by atoms with Crippen molar-refractivity contribution in [3.63, 3.8) is 0 Å². The van der Waals surface area contributed by atoms with Gasteiger partial charge in [0.1, 0.15) is 0 Å². The van der Waals surface area contributed by atoms with Crippen LogP contribution in [0.15, 0.2) is 29.2 Å². The molecule has 1 aromatic rings. The number of rotatable bonds is 4. The van der Waals surface area contributed by atoms with E-state index in [1.165, 1.54) is 35.6 Å². The number of hydrogen-bond acceptors (Lipinski definition) is 3. The quantitative estimate of drug-likeness (QED) is 0.728. The van der Waals surface area contributed by atoms with Crippen LogP contribution in [-0.2, 0) is 4.18 Å². The summed E-state index contributed by atoms with van der Waals surface area (Å²) in [5.41, 5.74) is 1.29. The summed E-state index contributed by atoms with van der Waals surface area (Å²) >= 11 is 1.49. The van der Waals surface area contributed by atoms with E-state index in [1.807, 2.05) is 0 Å². The molecule has 0 spiro atoms. The maximum absolute atomic E-state index is 5.60. The molecule has 2 rings (SSSR count). The van der Waals surface area contributed by atoms with Crippen molar-refractivity contribution < 1.29 is 4.18 Å². The Morgan fingerprint density at radius 2 is 2.00 bits per heavy atom. The minimum Gasteiger partial charge on any atom is -0.310 e. The largest absolute Gasteiger partial charge is 0.310 e. The van der Waals surface area contributed by atoms with E-state index in [-0.39, 0.29) is 0 Å². The van der Waals surface area contributed by atoms with Crippen LogP contribution in [0.5, 0.6) is 0 Å². The normalized spacial score (nSPS) is 17.7. The Kier molecular flexibility index (Phi) is 3.67. The minimum absolute atomic E-state index is 0.730. The van der Waals surface area contributed by atoms with E-state index in [2.05, 4.69) is 43.1 Å². The van der Waals surface area contributed by atoms with E-state index in [0.717, 1.165) is 12.5 Å². The second-order valence-corrected chi connectivity index (χ2v) is 5.14. The third-order valence-electron chi connectivity index (χ3n) is 2.62. The van der Waals surface area contributed by atoms with Gasteiger partial charge in [0.2, 0.25) is 0 Å². The Balaban J connectivity index is 1.67. The van der Waals surface area contributed by atoms with Crippen LogP contribution in [-0.4, -0.2) is 31.6 Å². The van der Waals surface area contributed by atoms with Crippen molar-refractivity contribution in [2.24, 2.45) is 5.92 Å². The van der Waals surface area contributed by atoms with Crippen LogP contribution in [0.2, 0.25) is 0 Å². The molecule has 0 radical (unpaired) electrons. The number of benzene rings is 1. The fraction of sp³-hybridized carbons (Fsp3) is 0.500. The molecule has 1 saturated heterocycles. The highest BCUT2D eigenvalue weighted by Gasteiger charge is 2.23. The van der Waals surface area contributed by atoms with Crippen LogP contribution < -0.4 is 0 Å². The van der Waals surface area contributed by atoms with Gasteiger partial charge in [-0.25, -0.2) is 0 Å². The first-order chi connectivity index (χ1) is 7.24. The zero-order chi connectivity index (χ0) is 10.7. The molecule has 0 aromatic heterocycles. The molecule has 3 heteroatoms. The third-order valence-corrected chi connectivity index (χ3v) is 3.34. The van der Waals surface area contributed by atoms with E-state index in [1.54, 1.807) is 0 Å². The fourth-order valence-electron chi connectivity index (χ4n) is 1.73. The van der Waals surface area contributed by atoms with Crippen LogP contribution in [0.25, 0.3) is 0 Å². The Morgan fingerprint density at radius 3 is 2.60 bits per heavy atom. The molecule has 1 aliphatic rings. The van der Waals surface area contributed by atoms with E-state index in [0.29, 0.717) is 0 Å². The molecule has 0 atom stereocenters. The van der Waals surface area contributed by atoms with Crippen molar-refractivity contribution in [2.75, 3.05) is 26.7 Å². The number of hydrogen-bond donors (Lipinski definition) is 0. The third kappa shape index (κ3) is 3.23. The molecule has 1 heterocycles. The van der Waals surface area contributed by atoms with Gasteiger partial charge in [0.05, 0.1) is 6.61 Å². The zero-order valence-corrected chi connectivity index (χ0v) is 10.1. The van der Waals surface area contributed by atoms with Crippen molar-refractivity contribution >= 4 is 12.0 Å². The van der Waals surface area contributed by atoms with Crippen LogP contribution in [0.4, 0.5) is 0 Å². The maximum atomic E-state index is 5.60. The molecule has 0 saturated carbocycles. The van der Waals surface area contributed by atoms with Gasteiger partial charge in [0.25, 0.3) is 0 Å². The van der Waals surface area contributed by atoms with Crippen LogP contribution in [0.1, 0.15) is 5.56 Å². The summed E-state index contributed by atoms with van der Waals surface area (Å²) in [5, 5.41) is 0. The molecular weight excluding hydrogens is 206 g/mol. The molecule has 0 aliphatic carbocycles. The van der Waals surface area contributed by atoms with Gasteiger partial charge in [-0.15, -0.1) is 0 Å². The van der Waals surface area contributed by atoms with Crippen LogP contribution in [0.3, 0.4) is 0 Å². The van der Waals surface area contributed by atoms with Crippen LogP contribution in [0, 0.1) is 12.8 Å². The Labute approximate surface area is 95.8 Å². The molecule has 1 aromatic carbocycles. The minimum atomic E-state index is 0.730. The van der Waals surface area contributed by atoms with Crippen molar-refractivity contribution in [3.8, 4) is 0 Å². The van der Waals surface area contributed by atoms with E-state index in [9.17, 15) is 0 Å². The first kappa shape index (κ1) is 11.0. The average molecular weight is 223 g/mol. The van der Waals surface area contributed by atoms with Gasteiger partial charge < -0.3 is 9.08 Å². The van der Waals surface area contributed by atoms with Gasteiger partial charge in [-0.2, -0.15) is 0 Å². The predicted octanol–water partition coefficient (Wildman–Crippen LogP) is 2.58. The van der Waals surface area contributed by atoms with Gasteiger partial charge in [0.15, 0.2) is 0 Å². The average Bonchev–Trinajstić information content (AvgIpc) is 2.18. The maximum Gasteiger partial charge on any atom is 0.0671 e. The lowest BCUT2D eigenvalue weighted by atomic mass is 10.0. The van der Waals surface area contributed by atoms with Crippen molar-refractivity contribution in [2.45, 2.75) is 11.8 Å². The second-order valence-electron chi connectivity index (χ2n) is 4.27. The molecule has 1 fully saturated rings. The van der Waals surface area contributed by atoms with E-state index >= 15 is 0 Å². The predicted molar refractivity (Wildman–Crippen MR) is 64.0 cm³/mol. The van der Waals surface area contributed by atoms with Gasteiger partial charge in [-0.3, -0.25) is 0 Å². The fourth-order valence-corrected chi connectivity index (χ4v) is 2.37. The first-order valence-corrected chi connectivity index (χ1v) is 6.03. The molecule has 82 valence electrons. The molecule has 0 unspecified atom stereocenters. The van der Waals surface area contributed by atoms with E-state index < -0.39 is 0 Å². The molecule has 0 N–H and O–H groups in total. The zero-order valence-electron chi connectivity index (χ0n) is 9.27. The topological polar surface area (TPSA) is 12.5 Å². The van der Waals surface area contributed by atoms with Crippen LogP contribution >= 0.6 is 12.0 Å². The summed E-state index contributed by atoms with van der Waals surface area (Å²) in [6, 6.07) is 8.44. The Hall–Kier alpha value is -0.510. The highest BCUT2D eigenvalue weighted by atomic mass is 32.2. The summed E-state index contributed by atoms with van der Waals surface area (Å²) in [4.78, 5) is 3.50. The standard InChI is InChI=1S/C12H17NOS/c1-10-3-5-12(6-4-10)15-14-9-11-7-13(2)8-11/h3-6,11H,7-9H2,1-2H3. The summed E-state index contributed by atoms with van der Waals surface area (Å²) in [7, 11) is 2.14. The molecular formula is C12H17NOS. The lowest BCUT2D eigenvalue weighted by Gasteiger charge is -2.35. The van der Waals surface area contributed by atoms with Gasteiger partial charge in [-0.1, -0.05) is 17.7 Å². The monoisotopic (exact) mass is 223 g/mol. The molecule has 0 amide bonds. The highest BCUT2D eigenvalue weighted by molar-refractivity contribution is 7.94. The SMILES string of the molecule is Cc1ccc(SOCC2CN(C)C2)cc1. The van der Waals surface area contributed by atoms with Gasteiger partial charge in [0, 0.05) is 35.9 Å². The molecule has 1 aliphatic heterocycles. The summed E-state index contributed by atoms with van der Waals surface area (Å²) in [6.45, 7) is 5.31. The van der Waals surface area contributed by atoms with E-state index in [4.69, 9.17) is 4.18 Å². The smallest absolute Gasteiger partial charge is 0.0671 e. The Bertz CT molecular complexity index is 306. The summed E-state index contributed by atoms with van der Waals surface area (Å²) in [5.74, 6) is 0.730. The summed E-state index contributed by atoms with van der Waals surface area (Å²) < 4.78 is 5.60.